The summed E-state index contributed by atoms with van der Waals surface area (Å²) in [7, 11) is 2.28. The first-order valence-corrected chi connectivity index (χ1v) is 7.16. The fraction of sp³-hybridized carbons (Fsp3) is 0.333. The third-order valence-electron chi connectivity index (χ3n) is 4.97. The van der Waals surface area contributed by atoms with E-state index in [2.05, 4.69) is 61.3 Å². The van der Waals surface area contributed by atoms with Gasteiger partial charge in [0.15, 0.2) is 0 Å². The molecule has 0 amide bonds. The van der Waals surface area contributed by atoms with Gasteiger partial charge in [0.05, 0.1) is 5.54 Å². The second-order valence-electron chi connectivity index (χ2n) is 5.98. The minimum Gasteiger partial charge on any atom is -0.293 e. The Morgan fingerprint density at radius 1 is 1.00 bits per heavy atom. The highest BCUT2D eigenvalue weighted by Gasteiger charge is 2.48. The normalized spacial score (nSPS) is 24.7. The molecular weight excluding hydrogens is 230 g/mol. The van der Waals surface area contributed by atoms with Crippen LogP contribution < -0.4 is 0 Å². The fourth-order valence-electron chi connectivity index (χ4n) is 4.09. The molecule has 1 unspecified atom stereocenters. The van der Waals surface area contributed by atoms with Crippen molar-refractivity contribution >= 4 is 0 Å². The zero-order chi connectivity index (χ0) is 13.0. The zero-order valence-corrected chi connectivity index (χ0v) is 11.6. The van der Waals surface area contributed by atoms with Crippen LogP contribution in [0.25, 0.3) is 11.1 Å². The summed E-state index contributed by atoms with van der Waals surface area (Å²) in [5.41, 5.74) is 7.41. The van der Waals surface area contributed by atoms with E-state index in [9.17, 15) is 0 Å². The van der Waals surface area contributed by atoms with Crippen molar-refractivity contribution in [2.24, 2.45) is 0 Å². The molecule has 0 radical (unpaired) electrons. The molecule has 0 saturated carbocycles. The number of hydrogen-bond donors (Lipinski definition) is 0. The predicted molar refractivity (Wildman–Crippen MR) is 79.3 cm³/mol. The van der Waals surface area contributed by atoms with Gasteiger partial charge >= 0.3 is 0 Å². The summed E-state index contributed by atoms with van der Waals surface area (Å²) in [4.78, 5) is 2.55. The lowest BCUT2D eigenvalue weighted by atomic mass is 9.84. The highest BCUT2D eigenvalue weighted by molar-refractivity contribution is 5.81. The third kappa shape index (κ3) is 1.29. The van der Waals surface area contributed by atoms with Crippen LogP contribution in [0, 0.1) is 6.92 Å². The topological polar surface area (TPSA) is 3.24 Å². The lowest BCUT2D eigenvalue weighted by Crippen LogP contribution is -2.37. The minimum atomic E-state index is 0.137. The number of aryl methyl sites for hydroxylation is 1. The van der Waals surface area contributed by atoms with Crippen molar-refractivity contribution in [1.82, 2.24) is 4.90 Å². The maximum atomic E-state index is 2.55. The van der Waals surface area contributed by atoms with E-state index in [1.165, 1.54) is 47.2 Å². The molecule has 1 atom stereocenters. The Kier molecular flexibility index (Phi) is 2.19. The SMILES string of the molecule is Cc1ccc2c(c1)C1(CCCN1C)c1ccccc1-2. The molecule has 1 heteroatoms. The van der Waals surface area contributed by atoms with Crippen molar-refractivity contribution in [3.63, 3.8) is 0 Å². The quantitative estimate of drug-likeness (QED) is 0.683. The van der Waals surface area contributed by atoms with Crippen LogP contribution in [0.4, 0.5) is 0 Å². The molecule has 1 aliphatic carbocycles. The van der Waals surface area contributed by atoms with E-state index in [0.29, 0.717) is 0 Å². The molecule has 0 bridgehead atoms. The summed E-state index contributed by atoms with van der Waals surface area (Å²) in [5.74, 6) is 0. The molecular formula is C18H19N. The van der Waals surface area contributed by atoms with E-state index in [1.54, 1.807) is 0 Å². The minimum absolute atomic E-state index is 0.137. The summed E-state index contributed by atoms with van der Waals surface area (Å²) in [6, 6.07) is 15.9. The van der Waals surface area contributed by atoms with Crippen LogP contribution in [-0.2, 0) is 5.54 Å². The molecule has 1 nitrogen and oxygen atoms in total. The Hall–Kier alpha value is -1.60. The smallest absolute Gasteiger partial charge is 0.0725 e. The van der Waals surface area contributed by atoms with E-state index >= 15 is 0 Å². The Balaban J connectivity index is 2.10. The number of likely N-dealkylation sites (tertiary alicyclic amines) is 1. The van der Waals surface area contributed by atoms with Gasteiger partial charge in [-0.1, -0.05) is 48.0 Å². The van der Waals surface area contributed by atoms with Crippen LogP contribution in [-0.4, -0.2) is 18.5 Å². The summed E-state index contributed by atoms with van der Waals surface area (Å²) >= 11 is 0. The second-order valence-corrected chi connectivity index (χ2v) is 5.98. The molecule has 2 aliphatic rings. The van der Waals surface area contributed by atoms with Gasteiger partial charge < -0.3 is 0 Å². The molecule has 1 fully saturated rings. The molecule has 1 heterocycles. The molecule has 1 aliphatic heterocycles. The molecule has 96 valence electrons. The van der Waals surface area contributed by atoms with Crippen LogP contribution in [0.2, 0.25) is 0 Å². The second kappa shape index (κ2) is 3.71. The Labute approximate surface area is 114 Å². The van der Waals surface area contributed by atoms with Crippen LogP contribution >= 0.6 is 0 Å². The monoisotopic (exact) mass is 249 g/mol. The third-order valence-corrected chi connectivity index (χ3v) is 4.97. The molecule has 2 aromatic rings. The van der Waals surface area contributed by atoms with Crippen molar-refractivity contribution in [1.29, 1.82) is 0 Å². The van der Waals surface area contributed by atoms with Gasteiger partial charge in [-0.2, -0.15) is 0 Å². The summed E-state index contributed by atoms with van der Waals surface area (Å²) in [5, 5.41) is 0. The van der Waals surface area contributed by atoms with E-state index in [-0.39, 0.29) is 5.54 Å². The number of rotatable bonds is 0. The highest BCUT2D eigenvalue weighted by Crippen LogP contribution is 2.54. The molecule has 1 spiro atoms. The van der Waals surface area contributed by atoms with Crippen LogP contribution in [0.1, 0.15) is 29.5 Å². The first-order chi connectivity index (χ1) is 9.23. The Morgan fingerprint density at radius 2 is 1.79 bits per heavy atom. The molecule has 0 aromatic heterocycles. The van der Waals surface area contributed by atoms with E-state index in [4.69, 9.17) is 0 Å². The highest BCUT2D eigenvalue weighted by atomic mass is 15.2. The van der Waals surface area contributed by atoms with Crippen LogP contribution in [0.15, 0.2) is 42.5 Å². The summed E-state index contributed by atoms with van der Waals surface area (Å²) < 4.78 is 0. The van der Waals surface area contributed by atoms with Crippen molar-refractivity contribution in [3.8, 4) is 11.1 Å². The first kappa shape index (κ1) is 11.2. The molecule has 0 N–H and O–H groups in total. The van der Waals surface area contributed by atoms with E-state index < -0.39 is 0 Å². The number of hydrogen-bond acceptors (Lipinski definition) is 1. The van der Waals surface area contributed by atoms with Gasteiger partial charge in [0.2, 0.25) is 0 Å². The van der Waals surface area contributed by atoms with Crippen LogP contribution in [0.3, 0.4) is 0 Å². The van der Waals surface area contributed by atoms with Gasteiger partial charge in [-0.05, 0) is 55.6 Å². The maximum absolute atomic E-state index is 2.55. The molecule has 19 heavy (non-hydrogen) atoms. The largest absolute Gasteiger partial charge is 0.293 e. The standard InChI is InChI=1S/C18H19N/c1-13-8-9-15-14-6-3-4-7-16(14)18(17(15)12-13)10-5-11-19(18)2/h3-4,6-9,12H,5,10-11H2,1-2H3. The van der Waals surface area contributed by atoms with Gasteiger partial charge in [0.25, 0.3) is 0 Å². The fourth-order valence-corrected chi connectivity index (χ4v) is 4.09. The van der Waals surface area contributed by atoms with Crippen LogP contribution in [0.5, 0.6) is 0 Å². The van der Waals surface area contributed by atoms with Crippen molar-refractivity contribution in [3.05, 3.63) is 59.2 Å². The van der Waals surface area contributed by atoms with Crippen molar-refractivity contribution in [2.45, 2.75) is 25.3 Å². The van der Waals surface area contributed by atoms with Crippen molar-refractivity contribution in [2.75, 3.05) is 13.6 Å². The lowest BCUT2D eigenvalue weighted by molar-refractivity contribution is 0.228. The maximum Gasteiger partial charge on any atom is 0.0725 e. The summed E-state index contributed by atoms with van der Waals surface area (Å²) in [6.07, 6.45) is 2.54. The zero-order valence-electron chi connectivity index (χ0n) is 11.6. The Morgan fingerprint density at radius 3 is 2.58 bits per heavy atom. The molecule has 1 saturated heterocycles. The van der Waals surface area contributed by atoms with Gasteiger partial charge in [0, 0.05) is 0 Å². The number of benzene rings is 2. The van der Waals surface area contributed by atoms with E-state index in [0.717, 1.165) is 0 Å². The van der Waals surface area contributed by atoms with E-state index in [1.807, 2.05) is 0 Å². The van der Waals surface area contributed by atoms with Gasteiger partial charge in [-0.25, -0.2) is 0 Å². The average Bonchev–Trinajstić information content (AvgIpc) is 2.93. The lowest BCUT2D eigenvalue weighted by Gasteiger charge is -2.34. The number of nitrogens with zero attached hydrogens (tertiary/aromatic N) is 1. The molecule has 2 aromatic carbocycles. The van der Waals surface area contributed by atoms with Gasteiger partial charge in [-0.3, -0.25) is 4.90 Å². The average molecular weight is 249 g/mol. The number of fused-ring (bicyclic) bond motifs is 5. The molecule has 4 rings (SSSR count). The van der Waals surface area contributed by atoms with Gasteiger partial charge in [0.1, 0.15) is 0 Å². The van der Waals surface area contributed by atoms with Crippen molar-refractivity contribution < 1.29 is 0 Å². The predicted octanol–water partition coefficient (Wildman–Crippen LogP) is 3.94. The first-order valence-electron chi connectivity index (χ1n) is 7.16. The van der Waals surface area contributed by atoms with Gasteiger partial charge in [-0.15, -0.1) is 0 Å². The summed E-state index contributed by atoms with van der Waals surface area (Å²) in [6.45, 7) is 3.40. The Bertz CT molecular complexity index is 658.